The molecular weight excluding hydrogens is 281 g/mol. The molecule has 0 saturated heterocycles. The van der Waals surface area contributed by atoms with E-state index in [0.717, 1.165) is 47.8 Å². The molecule has 0 aliphatic rings. The predicted octanol–water partition coefficient (Wildman–Crippen LogP) is 3.42. The van der Waals surface area contributed by atoms with Gasteiger partial charge in [0.25, 0.3) is 0 Å². The van der Waals surface area contributed by atoms with Crippen LogP contribution in [0, 0.1) is 0 Å². The Hall–Kier alpha value is -0.770. The van der Waals surface area contributed by atoms with Crippen LogP contribution in [0.1, 0.15) is 12.2 Å². The van der Waals surface area contributed by atoms with Gasteiger partial charge in [-0.1, -0.05) is 11.6 Å². The van der Waals surface area contributed by atoms with Gasteiger partial charge in [-0.15, -0.1) is 11.6 Å². The van der Waals surface area contributed by atoms with E-state index in [4.69, 9.17) is 23.2 Å². The fourth-order valence-electron chi connectivity index (χ4n) is 2.22. The summed E-state index contributed by atoms with van der Waals surface area (Å²) in [5.41, 5.74) is 2.10. The van der Waals surface area contributed by atoms with Crippen LogP contribution in [-0.2, 0) is 13.0 Å². The van der Waals surface area contributed by atoms with Crippen molar-refractivity contribution in [1.82, 2.24) is 14.5 Å². The highest BCUT2D eigenvalue weighted by atomic mass is 35.5. The Morgan fingerprint density at radius 3 is 2.79 bits per heavy atom. The molecule has 0 unspecified atom stereocenters. The zero-order valence-electron chi connectivity index (χ0n) is 11.4. The summed E-state index contributed by atoms with van der Waals surface area (Å²) >= 11 is 11.9. The van der Waals surface area contributed by atoms with Gasteiger partial charge in [-0.05, 0) is 45.3 Å². The van der Waals surface area contributed by atoms with Crippen molar-refractivity contribution in [2.75, 3.05) is 26.5 Å². The average Bonchev–Trinajstić information content (AvgIpc) is 2.66. The number of nitrogens with zero attached hydrogens (tertiary/aromatic N) is 3. The summed E-state index contributed by atoms with van der Waals surface area (Å²) in [4.78, 5) is 6.83. The van der Waals surface area contributed by atoms with E-state index in [2.05, 4.69) is 28.5 Å². The molecule has 3 nitrogen and oxygen atoms in total. The van der Waals surface area contributed by atoms with E-state index in [-0.39, 0.29) is 0 Å². The summed E-state index contributed by atoms with van der Waals surface area (Å²) in [6.45, 7) is 2.02. The Kier molecular flexibility index (Phi) is 5.08. The Morgan fingerprint density at radius 1 is 1.32 bits per heavy atom. The van der Waals surface area contributed by atoms with Gasteiger partial charge in [-0.2, -0.15) is 0 Å². The van der Waals surface area contributed by atoms with Gasteiger partial charge in [-0.3, -0.25) is 0 Å². The number of hydrogen-bond acceptors (Lipinski definition) is 2. The molecule has 0 N–H and O–H groups in total. The van der Waals surface area contributed by atoms with Crippen molar-refractivity contribution in [3.63, 3.8) is 0 Å². The van der Waals surface area contributed by atoms with Gasteiger partial charge in [0.05, 0.1) is 11.0 Å². The van der Waals surface area contributed by atoms with Crippen LogP contribution in [0.2, 0.25) is 5.02 Å². The highest BCUT2D eigenvalue weighted by molar-refractivity contribution is 6.31. The lowest BCUT2D eigenvalue weighted by Gasteiger charge is -2.12. The number of halogens is 2. The summed E-state index contributed by atoms with van der Waals surface area (Å²) in [5, 5.41) is 0.725. The number of benzene rings is 1. The van der Waals surface area contributed by atoms with E-state index in [1.807, 2.05) is 18.2 Å². The minimum absolute atomic E-state index is 0.588. The summed E-state index contributed by atoms with van der Waals surface area (Å²) in [7, 11) is 4.18. The minimum Gasteiger partial charge on any atom is -0.328 e. The van der Waals surface area contributed by atoms with Crippen LogP contribution in [0.3, 0.4) is 0 Å². The van der Waals surface area contributed by atoms with Gasteiger partial charge >= 0.3 is 0 Å². The van der Waals surface area contributed by atoms with Crippen LogP contribution < -0.4 is 0 Å². The molecule has 19 heavy (non-hydrogen) atoms. The van der Waals surface area contributed by atoms with Gasteiger partial charge in [0.15, 0.2) is 0 Å². The molecule has 0 bridgehead atoms. The number of aryl methyl sites for hydroxylation is 2. The first kappa shape index (κ1) is 14.6. The standard InChI is InChI=1S/C14H19Cl2N3/c1-18(2)8-3-9-19-13-5-4-11(16)10-12(13)17-14(19)6-7-15/h4-5,10H,3,6-9H2,1-2H3. The van der Waals surface area contributed by atoms with E-state index < -0.39 is 0 Å². The highest BCUT2D eigenvalue weighted by Crippen LogP contribution is 2.21. The average molecular weight is 300 g/mol. The van der Waals surface area contributed by atoms with Crippen molar-refractivity contribution in [2.24, 2.45) is 0 Å². The van der Waals surface area contributed by atoms with Crippen LogP contribution in [0.15, 0.2) is 18.2 Å². The first-order valence-electron chi connectivity index (χ1n) is 6.47. The molecule has 0 radical (unpaired) electrons. The zero-order valence-corrected chi connectivity index (χ0v) is 12.9. The first-order valence-corrected chi connectivity index (χ1v) is 7.38. The van der Waals surface area contributed by atoms with Crippen molar-refractivity contribution >= 4 is 34.2 Å². The maximum atomic E-state index is 6.02. The molecule has 1 aromatic heterocycles. The maximum Gasteiger partial charge on any atom is 0.111 e. The number of alkyl halides is 1. The van der Waals surface area contributed by atoms with Gasteiger partial charge in [-0.25, -0.2) is 4.98 Å². The number of rotatable bonds is 6. The molecule has 2 aromatic rings. The Labute approximate surface area is 124 Å². The second-order valence-corrected chi connectivity index (χ2v) is 5.72. The lowest BCUT2D eigenvalue weighted by atomic mass is 10.3. The quantitative estimate of drug-likeness (QED) is 0.762. The smallest absolute Gasteiger partial charge is 0.111 e. The molecule has 0 fully saturated rings. The Morgan fingerprint density at radius 2 is 2.11 bits per heavy atom. The van der Waals surface area contributed by atoms with Crippen LogP contribution in [-0.4, -0.2) is 41.0 Å². The van der Waals surface area contributed by atoms with Crippen molar-refractivity contribution < 1.29 is 0 Å². The third-order valence-electron chi connectivity index (χ3n) is 3.09. The molecule has 0 atom stereocenters. The van der Waals surface area contributed by atoms with Gasteiger partial charge < -0.3 is 9.47 Å². The Bertz CT molecular complexity index is 549. The molecule has 1 heterocycles. The molecule has 104 valence electrons. The van der Waals surface area contributed by atoms with E-state index in [1.165, 1.54) is 0 Å². The molecule has 1 aromatic carbocycles. The van der Waals surface area contributed by atoms with Gasteiger partial charge in [0, 0.05) is 23.9 Å². The third-order valence-corrected chi connectivity index (χ3v) is 3.52. The number of fused-ring (bicyclic) bond motifs is 1. The van der Waals surface area contributed by atoms with Crippen molar-refractivity contribution in [3.8, 4) is 0 Å². The minimum atomic E-state index is 0.588. The van der Waals surface area contributed by atoms with Crippen molar-refractivity contribution in [1.29, 1.82) is 0 Å². The summed E-state index contributed by atoms with van der Waals surface area (Å²) in [5.74, 6) is 1.64. The zero-order chi connectivity index (χ0) is 13.8. The monoisotopic (exact) mass is 299 g/mol. The molecular formula is C14H19Cl2N3. The van der Waals surface area contributed by atoms with Crippen LogP contribution in [0.5, 0.6) is 0 Å². The van der Waals surface area contributed by atoms with Crippen molar-refractivity contribution in [3.05, 3.63) is 29.0 Å². The number of imidazole rings is 1. The fraction of sp³-hybridized carbons (Fsp3) is 0.500. The van der Waals surface area contributed by atoms with Gasteiger partial charge in [0.1, 0.15) is 5.82 Å². The molecule has 2 rings (SSSR count). The largest absolute Gasteiger partial charge is 0.328 e. The molecule has 0 amide bonds. The van der Waals surface area contributed by atoms with Crippen LogP contribution in [0.25, 0.3) is 11.0 Å². The van der Waals surface area contributed by atoms with Crippen molar-refractivity contribution in [2.45, 2.75) is 19.4 Å². The van der Waals surface area contributed by atoms with Crippen LogP contribution in [0.4, 0.5) is 0 Å². The Balaban J connectivity index is 2.29. The lowest BCUT2D eigenvalue weighted by molar-refractivity contribution is 0.386. The fourth-order valence-corrected chi connectivity index (χ4v) is 2.56. The number of aromatic nitrogens is 2. The summed E-state index contributed by atoms with van der Waals surface area (Å²) in [6.07, 6.45) is 1.88. The topological polar surface area (TPSA) is 21.1 Å². The second kappa shape index (κ2) is 6.60. The van der Waals surface area contributed by atoms with Gasteiger partial charge in [0.2, 0.25) is 0 Å². The van der Waals surface area contributed by atoms with Crippen LogP contribution >= 0.6 is 23.2 Å². The van der Waals surface area contributed by atoms with E-state index in [0.29, 0.717) is 5.88 Å². The molecule has 0 aliphatic carbocycles. The summed E-state index contributed by atoms with van der Waals surface area (Å²) in [6, 6.07) is 5.87. The highest BCUT2D eigenvalue weighted by Gasteiger charge is 2.10. The molecule has 0 saturated carbocycles. The van der Waals surface area contributed by atoms with E-state index in [9.17, 15) is 0 Å². The third kappa shape index (κ3) is 3.62. The number of hydrogen-bond donors (Lipinski definition) is 0. The molecule has 5 heteroatoms. The normalized spacial score (nSPS) is 11.6. The molecule has 0 aliphatic heterocycles. The maximum absolute atomic E-state index is 6.02. The van der Waals surface area contributed by atoms with E-state index in [1.54, 1.807) is 0 Å². The summed E-state index contributed by atoms with van der Waals surface area (Å²) < 4.78 is 2.26. The predicted molar refractivity (Wildman–Crippen MR) is 82.3 cm³/mol. The lowest BCUT2D eigenvalue weighted by Crippen LogP contribution is -2.16. The first-order chi connectivity index (χ1) is 9.11. The van der Waals surface area contributed by atoms with E-state index >= 15 is 0 Å². The SMILES string of the molecule is CN(C)CCCn1c(CCCl)nc2cc(Cl)ccc21. The molecule has 0 spiro atoms. The second-order valence-electron chi connectivity index (χ2n) is 4.91.